The third kappa shape index (κ3) is 4.69. The van der Waals surface area contributed by atoms with Crippen molar-refractivity contribution < 1.29 is 19.1 Å². The minimum atomic E-state index is -0.711. The number of rotatable bonds is 5. The Morgan fingerprint density at radius 3 is 2.46 bits per heavy atom. The number of amides is 1. The Bertz CT molecular complexity index is 185. The van der Waals surface area contributed by atoms with Crippen LogP contribution in [0, 0.1) is 0 Å². The summed E-state index contributed by atoms with van der Waals surface area (Å²) in [5.41, 5.74) is 0. The van der Waals surface area contributed by atoms with E-state index in [2.05, 4.69) is 10.1 Å². The summed E-state index contributed by atoms with van der Waals surface area (Å²) in [5, 5.41) is 2.33. The van der Waals surface area contributed by atoms with Gasteiger partial charge in [0, 0.05) is 7.11 Å². The maximum absolute atomic E-state index is 11.0. The highest BCUT2D eigenvalue weighted by Gasteiger charge is 2.17. The quantitative estimate of drug-likeness (QED) is 0.656. The summed E-state index contributed by atoms with van der Waals surface area (Å²) in [5.74, 6) is -0.415. The van der Waals surface area contributed by atoms with E-state index in [4.69, 9.17) is 16.3 Å². The molecular weight excluding hydrogens is 198 g/mol. The highest BCUT2D eigenvalue weighted by Crippen LogP contribution is 1.93. The highest BCUT2D eigenvalue weighted by molar-refractivity contribution is 6.28. The molecule has 1 N–H and O–H groups in total. The van der Waals surface area contributed by atoms with Crippen molar-refractivity contribution in [3.8, 4) is 0 Å². The van der Waals surface area contributed by atoms with E-state index in [1.54, 1.807) is 0 Å². The van der Waals surface area contributed by atoms with Crippen LogP contribution >= 0.6 is 11.6 Å². The van der Waals surface area contributed by atoms with Crippen LogP contribution in [0.2, 0.25) is 0 Å². The van der Waals surface area contributed by atoms with Gasteiger partial charge in [0.15, 0.2) is 5.78 Å². The predicted octanol–water partition coefficient (Wildman–Crippen LogP) is 0.165. The first-order valence-corrected chi connectivity index (χ1v) is 4.12. The van der Waals surface area contributed by atoms with Crippen LogP contribution in [0.15, 0.2) is 0 Å². The summed E-state index contributed by atoms with van der Waals surface area (Å²) >= 11 is 5.30. The van der Waals surface area contributed by atoms with Crippen molar-refractivity contribution in [2.24, 2.45) is 0 Å². The van der Waals surface area contributed by atoms with Crippen LogP contribution in [0.5, 0.6) is 0 Å². The molecule has 0 aromatic heterocycles. The molecule has 0 saturated carbocycles. The molecule has 0 aliphatic carbocycles. The number of carbonyl (C=O) groups is 2. The molecule has 13 heavy (non-hydrogen) atoms. The Morgan fingerprint density at radius 1 is 1.46 bits per heavy atom. The lowest BCUT2D eigenvalue weighted by Gasteiger charge is -2.12. The molecule has 0 rings (SSSR count). The first-order chi connectivity index (χ1) is 6.15. The van der Waals surface area contributed by atoms with E-state index in [1.165, 1.54) is 14.2 Å². The molecule has 0 spiro atoms. The van der Waals surface area contributed by atoms with Crippen LogP contribution in [0.3, 0.4) is 0 Å². The van der Waals surface area contributed by atoms with Crippen molar-refractivity contribution in [3.63, 3.8) is 0 Å². The molecular formula is C7H12ClNO4. The molecule has 76 valence electrons. The minimum absolute atomic E-state index is 0.0642. The maximum atomic E-state index is 11.0. The minimum Gasteiger partial charge on any atom is -0.453 e. The Kier molecular flexibility index (Phi) is 6.26. The molecule has 0 saturated heterocycles. The standard InChI is InChI=1S/C7H12ClNO4/c1-12-6(5(10)3-8)4-9-7(11)13-2/h6H,3-4H2,1-2H3,(H,9,11). The second kappa shape index (κ2) is 6.68. The van der Waals surface area contributed by atoms with E-state index in [9.17, 15) is 9.59 Å². The van der Waals surface area contributed by atoms with Crippen molar-refractivity contribution in [2.75, 3.05) is 26.6 Å². The van der Waals surface area contributed by atoms with Crippen molar-refractivity contribution in [1.82, 2.24) is 5.32 Å². The van der Waals surface area contributed by atoms with Gasteiger partial charge in [-0.05, 0) is 0 Å². The number of methoxy groups -OCH3 is 2. The Labute approximate surface area is 81.3 Å². The number of hydrogen-bond donors (Lipinski definition) is 1. The molecule has 1 amide bonds. The number of nitrogens with one attached hydrogen (secondary N) is 1. The van der Waals surface area contributed by atoms with Gasteiger partial charge < -0.3 is 14.8 Å². The van der Waals surface area contributed by atoms with Gasteiger partial charge in [-0.25, -0.2) is 4.79 Å². The van der Waals surface area contributed by atoms with Crippen LogP contribution in [-0.2, 0) is 14.3 Å². The normalized spacial score (nSPS) is 11.9. The van der Waals surface area contributed by atoms with Crippen LogP contribution in [-0.4, -0.2) is 44.6 Å². The second-order valence-electron chi connectivity index (χ2n) is 2.20. The zero-order valence-electron chi connectivity index (χ0n) is 7.50. The van der Waals surface area contributed by atoms with E-state index < -0.39 is 12.2 Å². The Hall–Kier alpha value is -0.810. The number of Topliss-reactive ketones (excluding diaryl/α,β-unsaturated/α-hetero) is 1. The van der Waals surface area contributed by atoms with E-state index in [1.807, 2.05) is 0 Å². The lowest BCUT2D eigenvalue weighted by Crippen LogP contribution is -2.38. The Morgan fingerprint density at radius 2 is 2.08 bits per heavy atom. The number of ketones is 1. The van der Waals surface area contributed by atoms with Crippen molar-refractivity contribution >= 4 is 23.5 Å². The molecule has 0 fully saturated rings. The fraction of sp³-hybridized carbons (Fsp3) is 0.714. The van der Waals surface area contributed by atoms with E-state index >= 15 is 0 Å². The molecule has 5 nitrogen and oxygen atoms in total. The summed E-state index contributed by atoms with van der Waals surface area (Å²) < 4.78 is 9.10. The fourth-order valence-corrected chi connectivity index (χ4v) is 0.835. The van der Waals surface area contributed by atoms with Crippen LogP contribution in [0.1, 0.15) is 0 Å². The average molecular weight is 210 g/mol. The summed E-state index contributed by atoms with van der Waals surface area (Å²) in [6.07, 6.45) is -1.32. The van der Waals surface area contributed by atoms with Crippen molar-refractivity contribution in [3.05, 3.63) is 0 Å². The first-order valence-electron chi connectivity index (χ1n) is 3.59. The third-order valence-corrected chi connectivity index (χ3v) is 1.66. The van der Waals surface area contributed by atoms with Crippen molar-refractivity contribution in [2.45, 2.75) is 6.10 Å². The largest absolute Gasteiger partial charge is 0.453 e. The monoisotopic (exact) mass is 209 g/mol. The summed E-state index contributed by atoms with van der Waals surface area (Å²) in [6, 6.07) is 0. The Balaban J connectivity index is 3.85. The van der Waals surface area contributed by atoms with Crippen LogP contribution < -0.4 is 5.32 Å². The molecule has 0 bridgehead atoms. The highest BCUT2D eigenvalue weighted by atomic mass is 35.5. The van der Waals surface area contributed by atoms with Gasteiger partial charge >= 0.3 is 6.09 Å². The summed E-state index contributed by atoms with van der Waals surface area (Å²) in [4.78, 5) is 21.6. The third-order valence-electron chi connectivity index (χ3n) is 1.39. The number of halogens is 1. The lowest BCUT2D eigenvalue weighted by atomic mass is 10.2. The van der Waals surface area contributed by atoms with Gasteiger partial charge in [-0.15, -0.1) is 11.6 Å². The molecule has 0 radical (unpaired) electrons. The first kappa shape index (κ1) is 12.2. The van der Waals surface area contributed by atoms with Gasteiger partial charge in [-0.3, -0.25) is 4.79 Å². The number of alkyl carbamates (subject to hydrolysis) is 1. The smallest absolute Gasteiger partial charge is 0.406 e. The molecule has 0 aromatic carbocycles. The van der Waals surface area contributed by atoms with Gasteiger partial charge in [0.05, 0.1) is 19.5 Å². The van der Waals surface area contributed by atoms with Gasteiger partial charge in [-0.1, -0.05) is 0 Å². The fourth-order valence-electron chi connectivity index (χ4n) is 0.663. The van der Waals surface area contributed by atoms with Crippen LogP contribution in [0.25, 0.3) is 0 Å². The SMILES string of the molecule is COC(=O)NCC(OC)C(=O)CCl. The lowest BCUT2D eigenvalue weighted by molar-refractivity contribution is -0.125. The predicted molar refractivity (Wildman–Crippen MR) is 46.9 cm³/mol. The number of alkyl halides is 1. The molecule has 0 aliphatic heterocycles. The number of ether oxygens (including phenoxy) is 2. The van der Waals surface area contributed by atoms with Gasteiger partial charge in [-0.2, -0.15) is 0 Å². The summed E-state index contributed by atoms with van der Waals surface area (Å²) in [7, 11) is 2.61. The van der Waals surface area contributed by atoms with Crippen LogP contribution in [0.4, 0.5) is 4.79 Å². The molecule has 0 heterocycles. The molecule has 1 atom stereocenters. The van der Waals surface area contributed by atoms with Gasteiger partial charge in [0.1, 0.15) is 6.10 Å². The van der Waals surface area contributed by atoms with Crippen molar-refractivity contribution in [1.29, 1.82) is 0 Å². The van der Waals surface area contributed by atoms with Gasteiger partial charge in [0.25, 0.3) is 0 Å². The van der Waals surface area contributed by atoms with E-state index in [0.29, 0.717) is 0 Å². The maximum Gasteiger partial charge on any atom is 0.406 e. The number of carbonyl (C=O) groups excluding carboxylic acids is 2. The van der Waals surface area contributed by atoms with Gasteiger partial charge in [0.2, 0.25) is 0 Å². The second-order valence-corrected chi connectivity index (χ2v) is 2.46. The molecule has 1 unspecified atom stereocenters. The zero-order chi connectivity index (χ0) is 10.3. The number of hydrogen-bond acceptors (Lipinski definition) is 4. The summed E-state index contributed by atoms with van der Waals surface area (Å²) in [6.45, 7) is 0.0642. The average Bonchev–Trinajstić information content (AvgIpc) is 2.17. The zero-order valence-corrected chi connectivity index (χ0v) is 8.26. The van der Waals surface area contributed by atoms with E-state index in [0.717, 1.165) is 0 Å². The molecule has 6 heteroatoms. The molecule has 0 aliphatic rings. The topological polar surface area (TPSA) is 64.6 Å². The molecule has 0 aromatic rings. The van der Waals surface area contributed by atoms with E-state index in [-0.39, 0.29) is 18.2 Å².